The normalized spacial score (nSPS) is 10.0. The summed E-state index contributed by atoms with van der Waals surface area (Å²) >= 11 is 5.13. The third kappa shape index (κ3) is 4.03. The molecule has 0 aliphatic carbocycles. The average Bonchev–Trinajstić information content (AvgIpc) is 2.44. The Labute approximate surface area is 129 Å². The van der Waals surface area contributed by atoms with Crippen molar-refractivity contribution in [2.45, 2.75) is 13.8 Å². The van der Waals surface area contributed by atoms with E-state index >= 15 is 0 Å². The minimum Gasteiger partial charge on any atom is -0.399 e. The van der Waals surface area contributed by atoms with Crippen LogP contribution in [0.2, 0.25) is 0 Å². The van der Waals surface area contributed by atoms with E-state index in [2.05, 4.69) is 10.6 Å². The molecule has 0 atom stereocenters. The Morgan fingerprint density at radius 2 is 1.71 bits per heavy atom. The summed E-state index contributed by atoms with van der Waals surface area (Å²) in [6.45, 7) is 3.97. The zero-order chi connectivity index (χ0) is 15.4. The molecule has 21 heavy (non-hydrogen) atoms. The van der Waals surface area contributed by atoms with Crippen molar-refractivity contribution in [3.05, 3.63) is 59.2 Å². The fraction of sp³-hybridized carbons (Fsp3) is 0.125. The van der Waals surface area contributed by atoms with Crippen molar-refractivity contribution in [3.63, 3.8) is 0 Å². The molecule has 0 spiro atoms. The Hall–Kier alpha value is -2.40. The maximum absolute atomic E-state index is 12.1. The van der Waals surface area contributed by atoms with Gasteiger partial charge in [-0.15, -0.1) is 0 Å². The number of carbonyl (C=O) groups excluding carboxylic acids is 1. The highest BCUT2D eigenvalue weighted by Crippen LogP contribution is 2.11. The van der Waals surface area contributed by atoms with E-state index in [0.717, 1.165) is 16.8 Å². The van der Waals surface area contributed by atoms with E-state index in [9.17, 15) is 4.79 Å². The van der Waals surface area contributed by atoms with Crippen LogP contribution in [0.1, 0.15) is 21.5 Å². The maximum atomic E-state index is 12.1. The van der Waals surface area contributed by atoms with E-state index in [4.69, 9.17) is 18.0 Å². The number of anilines is 2. The number of nitrogens with one attached hydrogen (secondary N) is 2. The molecule has 4 nitrogen and oxygen atoms in total. The Balaban J connectivity index is 2.00. The van der Waals surface area contributed by atoms with Crippen LogP contribution in [0.3, 0.4) is 0 Å². The third-order valence-corrected chi connectivity index (χ3v) is 3.37. The summed E-state index contributed by atoms with van der Waals surface area (Å²) in [5.41, 5.74) is 9.85. The molecule has 5 heteroatoms. The molecule has 0 aliphatic heterocycles. The van der Waals surface area contributed by atoms with Gasteiger partial charge in [0, 0.05) is 16.9 Å². The van der Waals surface area contributed by atoms with Gasteiger partial charge in [0.25, 0.3) is 5.91 Å². The van der Waals surface area contributed by atoms with Gasteiger partial charge in [-0.2, -0.15) is 0 Å². The van der Waals surface area contributed by atoms with E-state index < -0.39 is 0 Å². The largest absolute Gasteiger partial charge is 0.399 e. The highest BCUT2D eigenvalue weighted by molar-refractivity contribution is 7.80. The number of amides is 1. The monoisotopic (exact) mass is 299 g/mol. The van der Waals surface area contributed by atoms with Crippen molar-refractivity contribution >= 4 is 34.6 Å². The number of carbonyl (C=O) groups is 1. The second kappa shape index (κ2) is 6.37. The topological polar surface area (TPSA) is 67.2 Å². The van der Waals surface area contributed by atoms with Gasteiger partial charge >= 0.3 is 0 Å². The fourth-order valence-corrected chi connectivity index (χ4v) is 2.00. The van der Waals surface area contributed by atoms with Gasteiger partial charge in [-0.1, -0.05) is 6.07 Å². The lowest BCUT2D eigenvalue weighted by molar-refractivity contribution is 0.0977. The number of aryl methyl sites for hydroxylation is 2. The summed E-state index contributed by atoms with van der Waals surface area (Å²) in [5.74, 6) is -0.231. The lowest BCUT2D eigenvalue weighted by Gasteiger charge is -2.10. The maximum Gasteiger partial charge on any atom is 0.257 e. The van der Waals surface area contributed by atoms with Crippen molar-refractivity contribution in [2.24, 2.45) is 0 Å². The Kier molecular flexibility index (Phi) is 4.55. The second-order valence-corrected chi connectivity index (χ2v) is 5.24. The molecule has 4 N–H and O–H groups in total. The first-order valence-electron chi connectivity index (χ1n) is 6.51. The van der Waals surface area contributed by atoms with Crippen LogP contribution in [0.15, 0.2) is 42.5 Å². The number of nitrogens with two attached hydrogens (primary N) is 1. The summed E-state index contributed by atoms with van der Waals surface area (Å²) in [5, 5.41) is 5.85. The SMILES string of the molecule is Cc1ccc(C(=O)NC(=S)Nc2ccc(N)cc2)cc1C. The molecule has 1 amide bonds. The van der Waals surface area contributed by atoms with Crippen LogP contribution >= 0.6 is 12.2 Å². The van der Waals surface area contributed by atoms with Gasteiger partial charge in [0.15, 0.2) is 5.11 Å². The predicted molar refractivity (Wildman–Crippen MR) is 90.5 cm³/mol. The van der Waals surface area contributed by atoms with Crippen LogP contribution in [0.4, 0.5) is 11.4 Å². The number of nitrogen functional groups attached to an aromatic ring is 1. The van der Waals surface area contributed by atoms with Crippen LogP contribution in [0, 0.1) is 13.8 Å². The number of rotatable bonds is 2. The first-order valence-corrected chi connectivity index (χ1v) is 6.91. The van der Waals surface area contributed by atoms with Crippen molar-refractivity contribution in [1.29, 1.82) is 0 Å². The van der Waals surface area contributed by atoms with E-state index in [0.29, 0.717) is 11.3 Å². The van der Waals surface area contributed by atoms with Gasteiger partial charge < -0.3 is 11.1 Å². The van der Waals surface area contributed by atoms with E-state index in [-0.39, 0.29) is 11.0 Å². The van der Waals surface area contributed by atoms with Gasteiger partial charge in [-0.25, -0.2) is 0 Å². The number of benzene rings is 2. The molecule has 0 unspecified atom stereocenters. The summed E-state index contributed by atoms with van der Waals surface area (Å²) < 4.78 is 0. The van der Waals surface area contributed by atoms with Gasteiger partial charge in [0.05, 0.1) is 0 Å². The van der Waals surface area contributed by atoms with Crippen molar-refractivity contribution in [2.75, 3.05) is 11.1 Å². The zero-order valence-corrected chi connectivity index (χ0v) is 12.8. The predicted octanol–water partition coefficient (Wildman–Crippen LogP) is 3.01. The highest BCUT2D eigenvalue weighted by Gasteiger charge is 2.08. The molecule has 0 bridgehead atoms. The molecular formula is C16H17N3OS. The number of thiocarbonyl (C=S) groups is 1. The minimum absolute atomic E-state index is 0.231. The molecule has 0 aliphatic rings. The number of hydrogen-bond donors (Lipinski definition) is 3. The standard InChI is InChI=1S/C16H17N3OS/c1-10-3-4-12(9-11(10)2)15(20)19-16(21)18-14-7-5-13(17)6-8-14/h3-9H,17H2,1-2H3,(H2,18,19,20,21). The van der Waals surface area contributed by atoms with Gasteiger partial charge in [0.2, 0.25) is 0 Å². The van der Waals surface area contributed by atoms with Crippen LogP contribution in [-0.4, -0.2) is 11.0 Å². The van der Waals surface area contributed by atoms with Crippen LogP contribution < -0.4 is 16.4 Å². The second-order valence-electron chi connectivity index (χ2n) is 4.83. The quantitative estimate of drug-likeness (QED) is 0.589. The smallest absolute Gasteiger partial charge is 0.257 e. The molecule has 0 saturated heterocycles. The summed E-state index contributed by atoms with van der Waals surface area (Å²) in [7, 11) is 0. The Morgan fingerprint density at radius 1 is 1.05 bits per heavy atom. The molecule has 108 valence electrons. The van der Waals surface area contributed by atoms with Gasteiger partial charge in [-0.3, -0.25) is 10.1 Å². The zero-order valence-electron chi connectivity index (χ0n) is 11.9. The minimum atomic E-state index is -0.231. The molecule has 0 aromatic heterocycles. The molecule has 0 saturated carbocycles. The van der Waals surface area contributed by atoms with Gasteiger partial charge in [0.1, 0.15) is 0 Å². The summed E-state index contributed by atoms with van der Waals surface area (Å²) in [6, 6.07) is 12.7. The Morgan fingerprint density at radius 3 is 2.33 bits per heavy atom. The van der Waals surface area contributed by atoms with Gasteiger partial charge in [-0.05, 0) is 73.6 Å². The van der Waals surface area contributed by atoms with Crippen molar-refractivity contribution in [3.8, 4) is 0 Å². The van der Waals surface area contributed by atoms with Crippen molar-refractivity contribution in [1.82, 2.24) is 5.32 Å². The lowest BCUT2D eigenvalue weighted by atomic mass is 10.1. The number of hydrogen-bond acceptors (Lipinski definition) is 3. The average molecular weight is 299 g/mol. The van der Waals surface area contributed by atoms with Crippen molar-refractivity contribution < 1.29 is 4.79 Å². The lowest BCUT2D eigenvalue weighted by Crippen LogP contribution is -2.34. The molecule has 0 heterocycles. The molecule has 2 rings (SSSR count). The summed E-state index contributed by atoms with van der Waals surface area (Å²) in [6.07, 6.45) is 0. The highest BCUT2D eigenvalue weighted by atomic mass is 32.1. The molecule has 2 aromatic rings. The fourth-order valence-electron chi connectivity index (χ4n) is 1.79. The molecule has 2 aromatic carbocycles. The van der Waals surface area contributed by atoms with Crippen LogP contribution in [0.25, 0.3) is 0 Å². The first-order chi connectivity index (χ1) is 9.95. The third-order valence-electron chi connectivity index (χ3n) is 3.16. The first kappa shape index (κ1) is 15.0. The Bertz CT molecular complexity index is 680. The molecule has 0 fully saturated rings. The van der Waals surface area contributed by atoms with E-state index in [1.807, 2.05) is 26.0 Å². The van der Waals surface area contributed by atoms with Crippen LogP contribution in [0.5, 0.6) is 0 Å². The van der Waals surface area contributed by atoms with Crippen LogP contribution in [-0.2, 0) is 0 Å². The molecular weight excluding hydrogens is 282 g/mol. The van der Waals surface area contributed by atoms with E-state index in [1.54, 1.807) is 30.3 Å². The molecule has 0 radical (unpaired) electrons. The summed E-state index contributed by atoms with van der Waals surface area (Å²) in [4.78, 5) is 12.1. The van der Waals surface area contributed by atoms with E-state index in [1.165, 1.54) is 0 Å².